The van der Waals surface area contributed by atoms with Crippen molar-refractivity contribution in [2.24, 2.45) is 0 Å². The lowest BCUT2D eigenvalue weighted by Gasteiger charge is -2.21. The van der Waals surface area contributed by atoms with E-state index >= 15 is 0 Å². The van der Waals surface area contributed by atoms with Crippen molar-refractivity contribution < 1.29 is 9.90 Å². The van der Waals surface area contributed by atoms with Gasteiger partial charge in [0.1, 0.15) is 0 Å². The maximum Gasteiger partial charge on any atom is 0.246 e. The summed E-state index contributed by atoms with van der Waals surface area (Å²) in [6.45, 7) is 0.724. The molecule has 3 nitrogen and oxygen atoms in total. The number of carbonyl (C=O) groups is 1. The molecule has 1 saturated heterocycles. The van der Waals surface area contributed by atoms with Gasteiger partial charge in [0.05, 0.1) is 22.7 Å². The van der Waals surface area contributed by atoms with Gasteiger partial charge in [0, 0.05) is 12.6 Å². The number of hydrogen-bond donors (Lipinski definition) is 1. The van der Waals surface area contributed by atoms with E-state index in [0.29, 0.717) is 16.6 Å². The summed E-state index contributed by atoms with van der Waals surface area (Å²) in [6.07, 6.45) is 5.02. The van der Waals surface area contributed by atoms with E-state index in [2.05, 4.69) is 0 Å². The summed E-state index contributed by atoms with van der Waals surface area (Å²) in [4.78, 5) is 13.7. The zero-order chi connectivity index (χ0) is 13.8. The molecule has 0 spiro atoms. The van der Waals surface area contributed by atoms with E-state index in [9.17, 15) is 9.90 Å². The first-order valence-corrected chi connectivity index (χ1v) is 6.92. The van der Waals surface area contributed by atoms with Crippen LogP contribution in [-0.4, -0.2) is 35.1 Å². The molecule has 2 rings (SSSR count). The summed E-state index contributed by atoms with van der Waals surface area (Å²) in [6, 6.07) is 5.15. The molecule has 1 fully saturated rings. The normalized spacial score (nSPS) is 19.3. The predicted molar refractivity (Wildman–Crippen MR) is 77.3 cm³/mol. The fourth-order valence-corrected chi connectivity index (χ4v) is 2.50. The fourth-order valence-electron chi connectivity index (χ4n) is 2.19. The van der Waals surface area contributed by atoms with Gasteiger partial charge < -0.3 is 10.0 Å². The molecule has 0 aromatic heterocycles. The Bertz CT molecular complexity index is 502. The predicted octanol–water partition coefficient (Wildman–Crippen LogP) is 2.99. The number of carbonyl (C=O) groups excluding carboxylic acids is 1. The molecule has 1 heterocycles. The van der Waals surface area contributed by atoms with Crippen LogP contribution in [0.5, 0.6) is 0 Å². The zero-order valence-corrected chi connectivity index (χ0v) is 11.9. The molecule has 0 saturated carbocycles. The Morgan fingerprint density at radius 3 is 2.89 bits per heavy atom. The Morgan fingerprint density at radius 2 is 2.21 bits per heavy atom. The number of benzene rings is 1. The van der Waals surface area contributed by atoms with Crippen LogP contribution >= 0.6 is 23.2 Å². The molecule has 1 aliphatic rings. The third-order valence-electron chi connectivity index (χ3n) is 3.23. The molecule has 1 N–H and O–H groups in total. The van der Waals surface area contributed by atoms with Crippen LogP contribution in [-0.2, 0) is 4.79 Å². The SMILES string of the molecule is O=C(/C=C/c1ccc(Cl)c(Cl)c1)N1CCCC1CO. The lowest BCUT2D eigenvalue weighted by atomic mass is 10.2. The average molecular weight is 300 g/mol. The van der Waals surface area contributed by atoms with Gasteiger partial charge in [0.15, 0.2) is 0 Å². The van der Waals surface area contributed by atoms with E-state index in [1.54, 1.807) is 29.2 Å². The second-order valence-corrected chi connectivity index (χ2v) is 5.33. The van der Waals surface area contributed by atoms with Crippen molar-refractivity contribution in [3.63, 3.8) is 0 Å². The summed E-state index contributed by atoms with van der Waals surface area (Å²) in [5, 5.41) is 10.1. The first-order chi connectivity index (χ1) is 9.11. The highest BCUT2D eigenvalue weighted by atomic mass is 35.5. The number of rotatable bonds is 3. The Kier molecular flexibility index (Phi) is 4.86. The van der Waals surface area contributed by atoms with Crippen molar-refractivity contribution in [3.8, 4) is 0 Å². The van der Waals surface area contributed by atoms with Crippen LogP contribution in [0.15, 0.2) is 24.3 Å². The molecule has 1 atom stereocenters. The number of aliphatic hydroxyl groups is 1. The van der Waals surface area contributed by atoms with Gasteiger partial charge in [0.2, 0.25) is 5.91 Å². The second-order valence-electron chi connectivity index (χ2n) is 4.52. The van der Waals surface area contributed by atoms with Crippen molar-refractivity contribution in [3.05, 3.63) is 39.9 Å². The van der Waals surface area contributed by atoms with Gasteiger partial charge in [-0.3, -0.25) is 4.79 Å². The van der Waals surface area contributed by atoms with E-state index in [0.717, 1.165) is 18.4 Å². The van der Waals surface area contributed by atoms with E-state index in [1.165, 1.54) is 6.08 Å². The van der Waals surface area contributed by atoms with Crippen LogP contribution in [0.2, 0.25) is 10.0 Å². The Balaban J connectivity index is 2.05. The van der Waals surface area contributed by atoms with Crippen molar-refractivity contribution in [2.75, 3.05) is 13.2 Å². The minimum Gasteiger partial charge on any atom is -0.394 e. The van der Waals surface area contributed by atoms with Crippen LogP contribution in [0.3, 0.4) is 0 Å². The van der Waals surface area contributed by atoms with Gasteiger partial charge in [-0.25, -0.2) is 0 Å². The van der Waals surface area contributed by atoms with Crippen molar-refractivity contribution in [1.29, 1.82) is 0 Å². The van der Waals surface area contributed by atoms with Crippen LogP contribution in [0.1, 0.15) is 18.4 Å². The summed E-state index contributed by atoms with van der Waals surface area (Å²) in [7, 11) is 0. The summed E-state index contributed by atoms with van der Waals surface area (Å²) in [5.41, 5.74) is 0.822. The standard InChI is InChI=1S/C14H15Cl2NO2/c15-12-5-3-10(8-13(12)16)4-6-14(19)17-7-1-2-11(17)9-18/h3-6,8,11,18H,1-2,7,9H2/b6-4+. The van der Waals surface area contributed by atoms with Crippen LogP contribution < -0.4 is 0 Å². The molecule has 1 unspecified atom stereocenters. The van der Waals surface area contributed by atoms with E-state index in [1.807, 2.05) is 0 Å². The highest BCUT2D eigenvalue weighted by Gasteiger charge is 2.26. The molecular weight excluding hydrogens is 285 g/mol. The number of amides is 1. The monoisotopic (exact) mass is 299 g/mol. The van der Waals surface area contributed by atoms with Crippen molar-refractivity contribution in [2.45, 2.75) is 18.9 Å². The smallest absolute Gasteiger partial charge is 0.246 e. The van der Waals surface area contributed by atoms with Gasteiger partial charge in [-0.05, 0) is 36.6 Å². The summed E-state index contributed by atoms with van der Waals surface area (Å²) in [5.74, 6) is -0.0809. The van der Waals surface area contributed by atoms with E-state index in [4.69, 9.17) is 23.2 Å². The maximum atomic E-state index is 12.0. The zero-order valence-electron chi connectivity index (χ0n) is 10.4. The van der Waals surface area contributed by atoms with Crippen LogP contribution in [0.4, 0.5) is 0 Å². The van der Waals surface area contributed by atoms with Gasteiger partial charge >= 0.3 is 0 Å². The molecule has 1 aromatic carbocycles. The van der Waals surface area contributed by atoms with Gasteiger partial charge in [-0.15, -0.1) is 0 Å². The highest BCUT2D eigenvalue weighted by Crippen LogP contribution is 2.23. The molecule has 0 aliphatic carbocycles. The van der Waals surface area contributed by atoms with Gasteiger partial charge in [0.25, 0.3) is 0 Å². The molecule has 102 valence electrons. The number of nitrogens with zero attached hydrogens (tertiary/aromatic N) is 1. The topological polar surface area (TPSA) is 40.5 Å². The molecule has 1 amide bonds. The minimum atomic E-state index is -0.0809. The number of halogens is 2. The Labute approximate surface area is 122 Å². The quantitative estimate of drug-likeness (QED) is 0.872. The number of hydrogen-bond acceptors (Lipinski definition) is 2. The summed E-state index contributed by atoms with van der Waals surface area (Å²) >= 11 is 11.7. The number of aliphatic hydroxyl groups excluding tert-OH is 1. The lowest BCUT2D eigenvalue weighted by Crippen LogP contribution is -2.36. The Hall–Kier alpha value is -1.03. The van der Waals surface area contributed by atoms with E-state index in [-0.39, 0.29) is 18.6 Å². The molecular formula is C14H15Cl2NO2. The lowest BCUT2D eigenvalue weighted by molar-refractivity contribution is -0.127. The van der Waals surface area contributed by atoms with Crippen LogP contribution in [0.25, 0.3) is 6.08 Å². The third-order valence-corrected chi connectivity index (χ3v) is 3.97. The van der Waals surface area contributed by atoms with Crippen molar-refractivity contribution >= 4 is 35.2 Å². The Morgan fingerprint density at radius 1 is 1.42 bits per heavy atom. The maximum absolute atomic E-state index is 12.0. The largest absolute Gasteiger partial charge is 0.394 e. The molecule has 19 heavy (non-hydrogen) atoms. The number of likely N-dealkylation sites (tertiary alicyclic amines) is 1. The van der Waals surface area contributed by atoms with Gasteiger partial charge in [-0.1, -0.05) is 29.3 Å². The van der Waals surface area contributed by atoms with E-state index < -0.39 is 0 Å². The summed E-state index contributed by atoms with van der Waals surface area (Å²) < 4.78 is 0. The molecule has 1 aromatic rings. The van der Waals surface area contributed by atoms with Crippen molar-refractivity contribution in [1.82, 2.24) is 4.90 Å². The minimum absolute atomic E-state index is 0.0202. The average Bonchev–Trinajstić information content (AvgIpc) is 2.88. The molecule has 1 aliphatic heterocycles. The molecule has 5 heteroatoms. The first-order valence-electron chi connectivity index (χ1n) is 6.16. The fraction of sp³-hybridized carbons (Fsp3) is 0.357. The second kappa shape index (κ2) is 6.42. The molecule has 0 bridgehead atoms. The molecule has 0 radical (unpaired) electrons. The first kappa shape index (κ1) is 14.4. The van der Waals surface area contributed by atoms with Crippen LogP contribution in [0, 0.1) is 0 Å². The highest BCUT2D eigenvalue weighted by molar-refractivity contribution is 6.42. The van der Waals surface area contributed by atoms with Gasteiger partial charge in [-0.2, -0.15) is 0 Å². The third kappa shape index (κ3) is 3.50.